The summed E-state index contributed by atoms with van der Waals surface area (Å²) < 4.78 is 33.4. The average Bonchev–Trinajstić information content (AvgIpc) is 2.49. The maximum atomic E-state index is 12.4. The molecule has 5 nitrogen and oxygen atoms in total. The van der Waals surface area contributed by atoms with Crippen molar-refractivity contribution >= 4 is 26.7 Å². The Hall–Kier alpha value is -1.21. The van der Waals surface area contributed by atoms with Crippen LogP contribution in [0.4, 0.5) is 0 Å². The summed E-state index contributed by atoms with van der Waals surface area (Å²) in [6, 6.07) is 6.63. The average molecular weight is 345 g/mol. The van der Waals surface area contributed by atoms with Gasteiger partial charge < -0.3 is 4.74 Å². The van der Waals surface area contributed by atoms with Crippen molar-refractivity contribution in [2.75, 3.05) is 18.6 Å². The van der Waals surface area contributed by atoms with Gasteiger partial charge in [0, 0.05) is 11.5 Å². The highest BCUT2D eigenvalue weighted by atomic mass is 32.3. The Morgan fingerprint density at radius 2 is 1.86 bits per heavy atom. The van der Waals surface area contributed by atoms with Crippen molar-refractivity contribution in [3.8, 4) is 0 Å². The molecule has 0 fully saturated rings. The standard InChI is InChI=1S/C15H23NO4S2/c1-4-5-11-21(12-10-15(17)20-3)16-22(18,19)14-8-6-13(2)7-9-14/h6-9H,4-5,10-12H2,1-3H3. The van der Waals surface area contributed by atoms with E-state index in [2.05, 4.69) is 8.50 Å². The van der Waals surface area contributed by atoms with Gasteiger partial charge in [-0.25, -0.2) is 0 Å². The lowest BCUT2D eigenvalue weighted by molar-refractivity contribution is -0.140. The van der Waals surface area contributed by atoms with Crippen LogP contribution < -0.4 is 0 Å². The number of hydrogen-bond donors (Lipinski definition) is 0. The Labute approximate surface area is 135 Å². The maximum absolute atomic E-state index is 12.4. The molecule has 0 saturated carbocycles. The zero-order valence-electron chi connectivity index (χ0n) is 13.2. The molecule has 0 aromatic heterocycles. The second-order valence-electron chi connectivity index (χ2n) is 4.91. The number of methoxy groups -OCH3 is 1. The number of sulfonamides is 1. The number of hydrogen-bond acceptors (Lipinski definition) is 4. The molecular weight excluding hydrogens is 322 g/mol. The van der Waals surface area contributed by atoms with Crippen LogP contribution in [0.2, 0.25) is 0 Å². The lowest BCUT2D eigenvalue weighted by Crippen LogP contribution is -2.11. The summed E-state index contributed by atoms with van der Waals surface area (Å²) in [4.78, 5) is 11.5. The van der Waals surface area contributed by atoms with E-state index in [1.165, 1.54) is 7.11 Å². The van der Waals surface area contributed by atoms with Crippen molar-refractivity contribution in [3.05, 3.63) is 29.8 Å². The van der Waals surface area contributed by atoms with Gasteiger partial charge in [0.1, 0.15) is 0 Å². The Morgan fingerprint density at radius 1 is 1.23 bits per heavy atom. The molecule has 0 aliphatic rings. The van der Waals surface area contributed by atoms with Gasteiger partial charge in [0.05, 0.1) is 18.4 Å². The topological polar surface area (TPSA) is 72.8 Å². The van der Waals surface area contributed by atoms with Crippen molar-refractivity contribution in [3.63, 3.8) is 0 Å². The molecule has 0 aliphatic heterocycles. The lowest BCUT2D eigenvalue weighted by Gasteiger charge is -2.08. The van der Waals surface area contributed by atoms with Gasteiger partial charge in [0.2, 0.25) is 0 Å². The van der Waals surface area contributed by atoms with E-state index in [1.54, 1.807) is 24.3 Å². The number of unbranched alkanes of at least 4 members (excludes halogenated alkanes) is 1. The van der Waals surface area contributed by atoms with Gasteiger partial charge in [-0.3, -0.25) is 4.79 Å². The van der Waals surface area contributed by atoms with Crippen LogP contribution in [0.15, 0.2) is 32.9 Å². The SMILES string of the molecule is CCCCS(CCC(=O)OC)=NS(=O)(=O)c1ccc(C)cc1. The predicted molar refractivity (Wildman–Crippen MR) is 89.4 cm³/mol. The van der Waals surface area contributed by atoms with Gasteiger partial charge in [0.25, 0.3) is 10.0 Å². The van der Waals surface area contributed by atoms with E-state index in [-0.39, 0.29) is 17.3 Å². The Kier molecular flexibility index (Phi) is 7.75. The Balaban J connectivity index is 2.96. The zero-order valence-corrected chi connectivity index (χ0v) is 14.9. The van der Waals surface area contributed by atoms with Gasteiger partial charge in [-0.05, 0) is 25.5 Å². The molecular formula is C15H23NO4S2. The van der Waals surface area contributed by atoms with Gasteiger partial charge in [0.15, 0.2) is 0 Å². The highest BCUT2D eigenvalue weighted by molar-refractivity contribution is 8.00. The fraction of sp³-hybridized carbons (Fsp3) is 0.533. The van der Waals surface area contributed by atoms with E-state index in [0.29, 0.717) is 11.5 Å². The number of carbonyl (C=O) groups excluding carboxylic acids is 1. The van der Waals surface area contributed by atoms with Crippen molar-refractivity contribution in [1.29, 1.82) is 0 Å². The summed E-state index contributed by atoms with van der Waals surface area (Å²) >= 11 is 0. The molecule has 7 heteroatoms. The molecule has 22 heavy (non-hydrogen) atoms. The molecule has 0 amide bonds. The molecule has 1 rings (SSSR count). The van der Waals surface area contributed by atoms with Crippen LogP contribution >= 0.6 is 0 Å². The fourth-order valence-electron chi connectivity index (χ4n) is 1.68. The lowest BCUT2D eigenvalue weighted by atomic mass is 10.2. The van der Waals surface area contributed by atoms with Crippen LogP contribution in [0, 0.1) is 6.92 Å². The number of benzene rings is 1. The monoisotopic (exact) mass is 345 g/mol. The summed E-state index contributed by atoms with van der Waals surface area (Å²) in [6.45, 7) is 3.94. The van der Waals surface area contributed by atoms with Crippen LogP contribution in [-0.4, -0.2) is 33.0 Å². The second kappa shape index (κ2) is 9.05. The molecule has 0 radical (unpaired) electrons. The third kappa shape index (κ3) is 6.27. The van der Waals surface area contributed by atoms with E-state index < -0.39 is 20.7 Å². The number of carbonyl (C=O) groups is 1. The van der Waals surface area contributed by atoms with Crippen LogP contribution in [0.1, 0.15) is 31.7 Å². The predicted octanol–water partition coefficient (Wildman–Crippen LogP) is 2.85. The number of aryl methyl sites for hydroxylation is 1. The number of rotatable bonds is 8. The van der Waals surface area contributed by atoms with Gasteiger partial charge in [-0.15, -0.1) is 3.77 Å². The van der Waals surface area contributed by atoms with Gasteiger partial charge in [-0.1, -0.05) is 41.7 Å². The molecule has 0 bridgehead atoms. The third-order valence-corrected chi connectivity index (χ3v) is 6.96. The molecule has 1 aromatic carbocycles. The van der Waals surface area contributed by atoms with E-state index >= 15 is 0 Å². The van der Waals surface area contributed by atoms with Crippen molar-refractivity contribution in [1.82, 2.24) is 0 Å². The summed E-state index contributed by atoms with van der Waals surface area (Å²) in [5.41, 5.74) is 0.995. The Morgan fingerprint density at radius 3 is 2.41 bits per heavy atom. The number of nitrogens with zero attached hydrogens (tertiary/aromatic N) is 1. The van der Waals surface area contributed by atoms with E-state index in [4.69, 9.17) is 0 Å². The minimum Gasteiger partial charge on any atom is -0.469 e. The van der Waals surface area contributed by atoms with Crippen LogP contribution in [-0.2, 0) is 30.2 Å². The summed E-state index contributed by atoms with van der Waals surface area (Å²) in [7, 11) is -3.04. The zero-order chi connectivity index (χ0) is 16.6. The van der Waals surface area contributed by atoms with Gasteiger partial charge in [-0.2, -0.15) is 8.42 Å². The molecule has 0 saturated heterocycles. The highest BCUT2D eigenvalue weighted by Gasteiger charge is 2.14. The second-order valence-corrected chi connectivity index (χ2v) is 8.67. The minimum absolute atomic E-state index is 0.191. The molecule has 1 atom stereocenters. The van der Waals surface area contributed by atoms with Crippen LogP contribution in [0.25, 0.3) is 0 Å². The first kappa shape index (κ1) is 18.8. The molecule has 1 aromatic rings. The van der Waals surface area contributed by atoms with Crippen molar-refractivity contribution in [2.45, 2.75) is 38.0 Å². The maximum Gasteiger partial charge on any atom is 0.306 e. The number of esters is 1. The molecule has 1 unspecified atom stereocenters. The first-order valence-electron chi connectivity index (χ1n) is 7.18. The largest absolute Gasteiger partial charge is 0.469 e. The first-order valence-corrected chi connectivity index (χ1v) is 10.1. The summed E-state index contributed by atoms with van der Waals surface area (Å²) in [5, 5.41) is 0. The fourth-order valence-corrected chi connectivity index (χ4v) is 5.44. The molecule has 0 aliphatic carbocycles. The molecule has 0 spiro atoms. The molecule has 124 valence electrons. The van der Waals surface area contributed by atoms with Crippen molar-refractivity contribution < 1.29 is 17.9 Å². The quantitative estimate of drug-likeness (QED) is 0.679. The van der Waals surface area contributed by atoms with Crippen molar-refractivity contribution in [2.24, 2.45) is 3.77 Å². The first-order chi connectivity index (χ1) is 10.4. The van der Waals surface area contributed by atoms with E-state index in [9.17, 15) is 13.2 Å². The molecule has 0 N–H and O–H groups in total. The smallest absolute Gasteiger partial charge is 0.306 e. The minimum atomic E-state index is -3.68. The Bertz CT molecular complexity index is 621. The van der Waals surface area contributed by atoms with Crippen LogP contribution in [0.5, 0.6) is 0 Å². The van der Waals surface area contributed by atoms with Gasteiger partial charge >= 0.3 is 5.97 Å². The third-order valence-electron chi connectivity index (χ3n) is 3.03. The van der Waals surface area contributed by atoms with Crippen LogP contribution in [0.3, 0.4) is 0 Å². The number of ether oxygens (including phenoxy) is 1. The summed E-state index contributed by atoms with van der Waals surface area (Å²) in [5.74, 6) is 0.757. The summed E-state index contributed by atoms with van der Waals surface area (Å²) in [6.07, 6.45) is 2.04. The van der Waals surface area contributed by atoms with E-state index in [1.807, 2.05) is 13.8 Å². The highest BCUT2D eigenvalue weighted by Crippen LogP contribution is 2.15. The molecule has 0 heterocycles. The normalized spacial score (nSPS) is 13.0. The van der Waals surface area contributed by atoms with E-state index in [0.717, 1.165) is 18.4 Å².